The summed E-state index contributed by atoms with van der Waals surface area (Å²) in [5.41, 5.74) is 0. The van der Waals surface area contributed by atoms with Crippen molar-refractivity contribution in [1.82, 2.24) is 0 Å². The molecule has 0 aromatic rings. The second-order valence-corrected chi connectivity index (χ2v) is 0.579. The molecule has 0 saturated heterocycles. The van der Waals surface area contributed by atoms with E-state index in [0.29, 0.717) is 15.4 Å². The van der Waals surface area contributed by atoms with Crippen molar-refractivity contribution in [2.75, 3.05) is 0 Å². The Morgan fingerprint density at radius 2 is 1.10 bits per heavy atom. The maximum atomic E-state index is 7.74. The fourth-order valence-electron chi connectivity index (χ4n) is 0.0818. The molecule has 0 spiro atoms. The van der Waals surface area contributed by atoms with Crippen LogP contribution in [0.5, 0.6) is 0 Å². The predicted octanol–water partition coefficient (Wildman–Crippen LogP) is -2.40. The van der Waals surface area contributed by atoms with E-state index in [0.717, 1.165) is 7.69 Å². The van der Waals surface area contributed by atoms with E-state index < -0.39 is 0 Å². The van der Waals surface area contributed by atoms with Crippen LogP contribution in [0.4, 0.5) is 0 Å². The van der Waals surface area contributed by atoms with Crippen LogP contribution in [-0.2, 0) is 72.3 Å². The third kappa shape index (κ3) is 22.5. The molecule has 0 saturated carbocycles. The fourth-order valence-corrected chi connectivity index (χ4v) is 0.0818. The molecule has 2 N–H and O–H groups in total. The molecule has 0 amide bonds. The van der Waals surface area contributed by atoms with Crippen molar-refractivity contribution in [2.45, 2.75) is 0 Å². The van der Waals surface area contributed by atoms with Gasteiger partial charge in [-0.3, -0.25) is 0 Å². The molecule has 0 aliphatic carbocycles. The van der Waals surface area contributed by atoms with Crippen LogP contribution in [0.15, 0.2) is 0 Å². The summed E-state index contributed by atoms with van der Waals surface area (Å²) in [7, 11) is 1.59. The molecule has 0 rings (SSSR count). The third-order valence-electron chi connectivity index (χ3n) is 0.233. The molecule has 0 aliphatic heterocycles. The van der Waals surface area contributed by atoms with E-state index >= 15 is 0 Å². The minimum atomic E-state index is 0. The van der Waals surface area contributed by atoms with Crippen LogP contribution in [0, 0.1) is 0 Å². The van der Waals surface area contributed by atoms with Crippen LogP contribution in [0.2, 0.25) is 0 Å². The van der Waals surface area contributed by atoms with Gasteiger partial charge in [-0.2, -0.15) is 0 Å². The van der Waals surface area contributed by atoms with Crippen molar-refractivity contribution in [3.05, 3.63) is 0 Å². The molecule has 0 aromatic heterocycles. The molecule has 0 atom stereocenters. The van der Waals surface area contributed by atoms with E-state index in [-0.39, 0.29) is 63.2 Å². The van der Waals surface area contributed by atoms with Gasteiger partial charge in [0.05, 0.1) is 0 Å². The van der Waals surface area contributed by atoms with E-state index in [2.05, 4.69) is 9.14 Å². The normalized spacial score (nSPS) is 5.40. The van der Waals surface area contributed by atoms with Gasteiger partial charge in [-0.25, -0.2) is 0 Å². The minimum absolute atomic E-state index is 0. The van der Waals surface area contributed by atoms with Gasteiger partial charge in [-0.1, -0.05) is 0 Å². The molecule has 53 valence electrons. The van der Waals surface area contributed by atoms with Crippen molar-refractivity contribution >= 4 is 23.1 Å². The summed E-state index contributed by atoms with van der Waals surface area (Å²) in [6.07, 6.45) is 0. The molecule has 0 aliphatic rings. The Hall–Kier alpha value is 2.10. The molecule has 10 heteroatoms. The maximum Gasteiger partial charge on any atom is 0.469 e. The Morgan fingerprint density at radius 3 is 1.30 bits per heavy atom. The summed E-state index contributed by atoms with van der Waals surface area (Å²) in [6, 6.07) is 0. The Balaban J connectivity index is -0.0000000600. The van der Waals surface area contributed by atoms with Gasteiger partial charge in [0.25, 0.3) is 0 Å². The molecular formula is H2B3O4W3. The van der Waals surface area contributed by atoms with Crippen LogP contribution in [-0.4, -0.2) is 33.1 Å². The van der Waals surface area contributed by atoms with Gasteiger partial charge in [-0.05, 0) is 0 Å². The quantitative estimate of drug-likeness (QED) is 0.264. The first-order valence-corrected chi connectivity index (χ1v) is 1.46. The average molecular weight is 650 g/mol. The van der Waals surface area contributed by atoms with Crippen molar-refractivity contribution in [2.24, 2.45) is 0 Å². The number of rotatable bonds is 4. The first kappa shape index (κ1) is 22.7. The number of hydrogen-bond acceptors (Lipinski definition) is 4. The van der Waals surface area contributed by atoms with Crippen LogP contribution in [0.3, 0.4) is 0 Å². The summed E-state index contributed by atoms with van der Waals surface area (Å²) in [6.45, 7) is 0. The van der Waals surface area contributed by atoms with E-state index in [1.165, 1.54) is 0 Å². The summed E-state index contributed by atoms with van der Waals surface area (Å²) in [5, 5.41) is 15.5. The standard InChI is InChI=1S/B3H2O4.3W/c4-1-6-3-7-2-5;;;/h4-5H;;;. The molecule has 0 aromatic carbocycles. The smallest absolute Gasteiger partial charge is 0.456 e. The maximum absolute atomic E-state index is 7.74. The topological polar surface area (TPSA) is 58.9 Å². The van der Waals surface area contributed by atoms with Gasteiger partial charge in [0.15, 0.2) is 0 Å². The van der Waals surface area contributed by atoms with E-state index in [4.69, 9.17) is 10.0 Å². The Morgan fingerprint density at radius 1 is 0.800 bits per heavy atom. The fraction of sp³-hybridized carbons (Fsp3) is 0. The zero-order chi connectivity index (χ0) is 5.54. The third-order valence-corrected chi connectivity index (χ3v) is 0.233. The zero-order valence-corrected chi connectivity index (χ0v) is 13.5. The summed E-state index contributed by atoms with van der Waals surface area (Å²) in [5.74, 6) is 0. The van der Waals surface area contributed by atoms with Crippen LogP contribution < -0.4 is 0 Å². The first-order chi connectivity index (χ1) is 3.41. The molecule has 0 heterocycles. The van der Waals surface area contributed by atoms with Crippen molar-refractivity contribution in [3.63, 3.8) is 0 Å². The van der Waals surface area contributed by atoms with Crippen LogP contribution >= 0.6 is 0 Å². The summed E-state index contributed by atoms with van der Waals surface area (Å²) < 4.78 is 7.93. The minimum Gasteiger partial charge on any atom is -0.456 e. The van der Waals surface area contributed by atoms with Gasteiger partial charge in [0, 0.05) is 63.2 Å². The molecule has 4 nitrogen and oxygen atoms in total. The van der Waals surface area contributed by atoms with Crippen molar-refractivity contribution < 1.29 is 82.4 Å². The second kappa shape index (κ2) is 22.5. The zero-order valence-electron chi connectivity index (χ0n) is 4.67. The van der Waals surface area contributed by atoms with E-state index in [1.807, 2.05) is 0 Å². The van der Waals surface area contributed by atoms with Crippen molar-refractivity contribution in [1.29, 1.82) is 0 Å². The summed E-state index contributed by atoms with van der Waals surface area (Å²) >= 11 is 0. The molecule has 10 heavy (non-hydrogen) atoms. The molecule has 0 bridgehead atoms. The largest absolute Gasteiger partial charge is 0.469 e. The molecular weight excluding hydrogens is 648 g/mol. The van der Waals surface area contributed by atoms with Gasteiger partial charge in [0.2, 0.25) is 0 Å². The van der Waals surface area contributed by atoms with Gasteiger partial charge in [0.1, 0.15) is 0 Å². The van der Waals surface area contributed by atoms with Crippen LogP contribution in [0.25, 0.3) is 0 Å². The predicted molar refractivity (Wildman–Crippen MR) is 23.9 cm³/mol. The monoisotopic (exact) mass is 651 g/mol. The Labute approximate surface area is 105 Å². The second-order valence-electron chi connectivity index (χ2n) is 0.579. The molecule has 0 unspecified atom stereocenters. The average Bonchev–Trinajstić information content (AvgIpc) is 1.69. The van der Waals surface area contributed by atoms with Crippen LogP contribution in [0.1, 0.15) is 0 Å². The Kier molecular flexibility index (Phi) is 51.0. The van der Waals surface area contributed by atoms with Gasteiger partial charge in [-0.15, -0.1) is 0 Å². The molecule has 0 fully saturated rings. The van der Waals surface area contributed by atoms with Gasteiger partial charge < -0.3 is 19.2 Å². The first-order valence-electron chi connectivity index (χ1n) is 1.46. The SMILES string of the molecule is O[B]O[B]O[B]O.[W].[W].[W]. The summed E-state index contributed by atoms with van der Waals surface area (Å²) in [4.78, 5) is 0. The Bertz CT molecular complexity index is 34.9. The molecule has 3 radical (unpaired) electrons. The van der Waals surface area contributed by atoms with E-state index in [1.54, 1.807) is 0 Å². The van der Waals surface area contributed by atoms with E-state index in [9.17, 15) is 0 Å². The van der Waals surface area contributed by atoms with Gasteiger partial charge >= 0.3 is 23.1 Å². The number of hydrogen-bond donors (Lipinski definition) is 2. The van der Waals surface area contributed by atoms with Crippen molar-refractivity contribution in [3.8, 4) is 0 Å².